The lowest BCUT2D eigenvalue weighted by molar-refractivity contribution is 0.0959. The van der Waals surface area contributed by atoms with Gasteiger partial charge in [0.1, 0.15) is 23.0 Å². The van der Waals surface area contributed by atoms with E-state index < -0.39 is 35.0 Å². The number of benzene rings is 2. The Labute approximate surface area is 127 Å². The summed E-state index contributed by atoms with van der Waals surface area (Å²) in [5.41, 5.74) is -0.874. The van der Waals surface area contributed by atoms with Gasteiger partial charge in [-0.05, 0) is 30.3 Å². The molecule has 3 amide bonds. The van der Waals surface area contributed by atoms with E-state index in [1.54, 1.807) is 5.32 Å². The van der Waals surface area contributed by atoms with Crippen LogP contribution >= 0.6 is 11.6 Å². The van der Waals surface area contributed by atoms with Crippen LogP contribution in [0.25, 0.3) is 0 Å². The van der Waals surface area contributed by atoms with Crippen LogP contribution in [0.4, 0.5) is 23.7 Å². The van der Waals surface area contributed by atoms with Gasteiger partial charge >= 0.3 is 6.03 Å². The maximum absolute atomic E-state index is 13.4. The normalized spacial score (nSPS) is 10.2. The molecule has 114 valence electrons. The van der Waals surface area contributed by atoms with E-state index in [1.807, 2.05) is 0 Å². The molecule has 0 heterocycles. The highest BCUT2D eigenvalue weighted by molar-refractivity contribution is 6.30. The smallest absolute Gasteiger partial charge is 0.308 e. The van der Waals surface area contributed by atoms with Crippen molar-refractivity contribution in [2.45, 2.75) is 0 Å². The zero-order valence-electron chi connectivity index (χ0n) is 10.8. The van der Waals surface area contributed by atoms with Crippen molar-refractivity contribution in [3.05, 3.63) is 64.4 Å². The molecule has 0 saturated carbocycles. The third-order valence-electron chi connectivity index (χ3n) is 2.59. The summed E-state index contributed by atoms with van der Waals surface area (Å²) >= 11 is 5.48. The van der Waals surface area contributed by atoms with Gasteiger partial charge in [-0.25, -0.2) is 18.0 Å². The highest BCUT2D eigenvalue weighted by Gasteiger charge is 2.19. The van der Waals surface area contributed by atoms with E-state index >= 15 is 0 Å². The quantitative estimate of drug-likeness (QED) is 0.882. The van der Waals surface area contributed by atoms with Crippen molar-refractivity contribution in [2.75, 3.05) is 5.32 Å². The van der Waals surface area contributed by atoms with Crippen LogP contribution in [0.1, 0.15) is 10.4 Å². The number of carbonyl (C=O) groups is 2. The number of urea groups is 1. The second-order valence-electron chi connectivity index (χ2n) is 4.13. The Morgan fingerprint density at radius 1 is 0.955 bits per heavy atom. The second kappa shape index (κ2) is 6.48. The molecule has 0 unspecified atom stereocenters. The van der Waals surface area contributed by atoms with Crippen LogP contribution in [0.5, 0.6) is 0 Å². The average Bonchev–Trinajstić information content (AvgIpc) is 2.42. The minimum Gasteiger partial charge on any atom is -0.308 e. The van der Waals surface area contributed by atoms with E-state index in [2.05, 4.69) is 5.32 Å². The number of anilines is 1. The van der Waals surface area contributed by atoms with Gasteiger partial charge in [0.05, 0.1) is 5.02 Å². The van der Waals surface area contributed by atoms with Crippen molar-refractivity contribution >= 4 is 29.2 Å². The van der Waals surface area contributed by atoms with E-state index in [-0.39, 0.29) is 10.7 Å². The van der Waals surface area contributed by atoms with E-state index in [0.29, 0.717) is 0 Å². The highest BCUT2D eigenvalue weighted by atomic mass is 35.5. The van der Waals surface area contributed by atoms with Crippen molar-refractivity contribution in [3.63, 3.8) is 0 Å². The van der Waals surface area contributed by atoms with E-state index in [0.717, 1.165) is 24.3 Å². The molecule has 0 fully saturated rings. The fraction of sp³-hybridized carbons (Fsp3) is 0. The number of nitrogens with one attached hydrogen (secondary N) is 2. The number of hydrogen-bond donors (Lipinski definition) is 2. The third kappa shape index (κ3) is 3.56. The van der Waals surface area contributed by atoms with Crippen molar-refractivity contribution in [2.24, 2.45) is 0 Å². The van der Waals surface area contributed by atoms with Gasteiger partial charge < -0.3 is 5.32 Å². The molecule has 2 rings (SSSR count). The summed E-state index contributed by atoms with van der Waals surface area (Å²) in [6.07, 6.45) is 0. The van der Waals surface area contributed by atoms with Gasteiger partial charge in [0.25, 0.3) is 5.91 Å². The Balaban J connectivity index is 2.08. The predicted molar refractivity (Wildman–Crippen MR) is 74.3 cm³/mol. The van der Waals surface area contributed by atoms with E-state index in [9.17, 15) is 22.8 Å². The summed E-state index contributed by atoms with van der Waals surface area (Å²) in [6.45, 7) is 0. The lowest BCUT2D eigenvalue weighted by Gasteiger charge is -2.08. The van der Waals surface area contributed by atoms with Crippen LogP contribution in [-0.2, 0) is 0 Å². The van der Waals surface area contributed by atoms with Crippen LogP contribution in [0, 0.1) is 17.5 Å². The molecule has 2 N–H and O–H groups in total. The van der Waals surface area contributed by atoms with Crippen molar-refractivity contribution in [3.8, 4) is 0 Å². The van der Waals surface area contributed by atoms with E-state index in [4.69, 9.17) is 11.6 Å². The SMILES string of the molecule is O=C(NC(=O)c1c(F)cccc1F)Nc1ccc(Cl)c(F)c1. The van der Waals surface area contributed by atoms with Gasteiger partial charge in [0.2, 0.25) is 0 Å². The van der Waals surface area contributed by atoms with Crippen LogP contribution in [0.3, 0.4) is 0 Å². The summed E-state index contributed by atoms with van der Waals surface area (Å²) in [6, 6.07) is 5.18. The molecule has 0 bridgehead atoms. The molecule has 0 atom stereocenters. The molecule has 4 nitrogen and oxygen atoms in total. The first kappa shape index (κ1) is 15.8. The van der Waals surface area contributed by atoms with Gasteiger partial charge in [-0.2, -0.15) is 0 Å². The molecule has 0 aliphatic heterocycles. The molecule has 0 radical (unpaired) electrons. The number of carbonyl (C=O) groups excluding carboxylic acids is 2. The summed E-state index contributed by atoms with van der Waals surface area (Å²) < 4.78 is 40.0. The highest BCUT2D eigenvalue weighted by Crippen LogP contribution is 2.18. The minimum absolute atomic E-state index is 0.0150. The van der Waals surface area contributed by atoms with Gasteiger partial charge in [0.15, 0.2) is 0 Å². The predicted octanol–water partition coefficient (Wildman–Crippen LogP) is 3.72. The van der Waals surface area contributed by atoms with Crippen LogP contribution in [-0.4, -0.2) is 11.9 Å². The molecule has 8 heteroatoms. The van der Waals surface area contributed by atoms with Gasteiger partial charge in [-0.3, -0.25) is 10.1 Å². The van der Waals surface area contributed by atoms with Gasteiger partial charge in [-0.15, -0.1) is 0 Å². The first-order valence-corrected chi connectivity index (χ1v) is 6.27. The maximum Gasteiger partial charge on any atom is 0.326 e. The largest absolute Gasteiger partial charge is 0.326 e. The molecule has 0 spiro atoms. The Morgan fingerprint density at radius 3 is 2.18 bits per heavy atom. The van der Waals surface area contributed by atoms with Crippen molar-refractivity contribution in [1.82, 2.24) is 5.32 Å². The Morgan fingerprint density at radius 2 is 1.59 bits per heavy atom. The Bertz CT molecular complexity index is 733. The molecule has 0 saturated heterocycles. The number of imide groups is 1. The molecule has 0 aliphatic rings. The summed E-state index contributed by atoms with van der Waals surface area (Å²) in [4.78, 5) is 23.2. The van der Waals surface area contributed by atoms with Gasteiger partial charge in [0, 0.05) is 5.69 Å². The standard InChI is InChI=1S/C14H8ClF3N2O2/c15-8-5-4-7(6-11(8)18)19-14(22)20-13(21)12-9(16)2-1-3-10(12)17/h1-6H,(H2,19,20,21,22). The van der Waals surface area contributed by atoms with Crippen molar-refractivity contribution in [1.29, 1.82) is 0 Å². The first-order chi connectivity index (χ1) is 10.4. The number of amides is 3. The Kier molecular flexibility index (Phi) is 4.67. The monoisotopic (exact) mass is 328 g/mol. The molecule has 22 heavy (non-hydrogen) atoms. The molecule has 0 aliphatic carbocycles. The van der Waals surface area contributed by atoms with Crippen molar-refractivity contribution < 1.29 is 22.8 Å². The molecular weight excluding hydrogens is 321 g/mol. The number of rotatable bonds is 2. The second-order valence-corrected chi connectivity index (χ2v) is 4.54. The summed E-state index contributed by atoms with van der Waals surface area (Å²) in [7, 11) is 0. The molecule has 2 aromatic carbocycles. The fourth-order valence-corrected chi connectivity index (χ4v) is 1.73. The number of hydrogen-bond acceptors (Lipinski definition) is 2. The maximum atomic E-state index is 13.4. The third-order valence-corrected chi connectivity index (χ3v) is 2.90. The molecule has 2 aromatic rings. The fourth-order valence-electron chi connectivity index (χ4n) is 1.62. The average molecular weight is 329 g/mol. The van der Waals surface area contributed by atoms with Gasteiger partial charge in [-0.1, -0.05) is 17.7 Å². The zero-order chi connectivity index (χ0) is 16.3. The Hall–Kier alpha value is -2.54. The minimum atomic E-state index is -1.26. The van der Waals surface area contributed by atoms with Crippen LogP contribution in [0.15, 0.2) is 36.4 Å². The lowest BCUT2D eigenvalue weighted by Crippen LogP contribution is -2.35. The van der Waals surface area contributed by atoms with E-state index in [1.165, 1.54) is 12.1 Å². The molecular formula is C14H8ClF3N2O2. The zero-order valence-corrected chi connectivity index (χ0v) is 11.5. The topological polar surface area (TPSA) is 58.2 Å². The van der Waals surface area contributed by atoms with Crippen LogP contribution in [0.2, 0.25) is 5.02 Å². The number of halogens is 4. The summed E-state index contributed by atoms with van der Waals surface area (Å²) in [5.74, 6) is -4.25. The lowest BCUT2D eigenvalue weighted by atomic mass is 10.2. The van der Waals surface area contributed by atoms with Crippen LogP contribution < -0.4 is 10.6 Å². The summed E-state index contributed by atoms with van der Waals surface area (Å²) in [5, 5.41) is 3.73. The first-order valence-electron chi connectivity index (χ1n) is 5.90. The molecule has 0 aromatic heterocycles.